The highest BCUT2D eigenvalue weighted by Gasteiger charge is 2.33. The van der Waals surface area contributed by atoms with Crippen LogP contribution in [-0.2, 0) is 43.9 Å². The SMILES string of the molecule is CC(C)(C)CC(=O)CS(=O)(=O)c1cc(C#N)ccc1Oc1cccc(-c2ccc(OC(F)(F)F)cc2)c1.CC(C)(C)CC(=O)CS(=O)(=O)c1cc(C#N)ccc1Oc1cccc(-c2ccc(OC(F)F)cc2)c1.CN(C)C(=O)c1ccc(-c2cccc(Oc3ccc(C#N)cc3S(=O)(=O)CC(=O)CC(C)(C)C)c2)cc1. The number of ether oxygens (including phenoxy) is 5. The van der Waals surface area contributed by atoms with Crippen LogP contribution in [0.1, 0.15) is 109 Å². The largest absolute Gasteiger partial charge is 0.573 e. The molecular formula is C83H79F5N4O15S3. The molecule has 0 fully saturated rings. The van der Waals surface area contributed by atoms with Gasteiger partial charge in [-0.1, -0.05) is 135 Å². The molecule has 19 nitrogen and oxygen atoms in total. The van der Waals surface area contributed by atoms with Crippen LogP contribution in [0.2, 0.25) is 0 Å². The summed E-state index contributed by atoms with van der Waals surface area (Å²) in [5.74, 6) is -2.96. The molecule has 0 unspecified atom stereocenters. The van der Waals surface area contributed by atoms with Crippen LogP contribution in [0.15, 0.2) is 215 Å². The Morgan fingerprint density at radius 3 is 0.945 bits per heavy atom. The van der Waals surface area contributed by atoms with Crippen molar-refractivity contribution in [1.29, 1.82) is 15.8 Å². The van der Waals surface area contributed by atoms with Gasteiger partial charge in [-0.05, 0) is 177 Å². The topological polar surface area (TPSA) is 291 Å². The molecule has 0 aliphatic carbocycles. The molecule has 1 amide bonds. The van der Waals surface area contributed by atoms with Gasteiger partial charge in [-0.3, -0.25) is 19.2 Å². The number of halogens is 5. The van der Waals surface area contributed by atoms with Crippen molar-refractivity contribution >= 4 is 52.8 Å². The highest BCUT2D eigenvalue weighted by Crippen LogP contribution is 2.39. The second-order valence-electron chi connectivity index (χ2n) is 29.1. The first-order valence-corrected chi connectivity index (χ1v) is 38.7. The summed E-state index contributed by atoms with van der Waals surface area (Å²) in [4.78, 5) is 50.2. The van der Waals surface area contributed by atoms with E-state index in [4.69, 9.17) is 14.2 Å². The Kier molecular flexibility index (Phi) is 28.1. The van der Waals surface area contributed by atoms with Crippen LogP contribution in [0.25, 0.3) is 33.4 Å². The van der Waals surface area contributed by atoms with E-state index >= 15 is 0 Å². The molecule has 27 heteroatoms. The van der Waals surface area contributed by atoms with Gasteiger partial charge in [-0.25, -0.2) is 25.3 Å². The van der Waals surface area contributed by atoms with Gasteiger partial charge in [0.2, 0.25) is 0 Å². The van der Waals surface area contributed by atoms with Crippen molar-refractivity contribution in [3.05, 3.63) is 222 Å². The number of carbonyl (C=O) groups is 4. The molecule has 9 aromatic rings. The lowest BCUT2D eigenvalue weighted by atomic mass is 9.90. The molecule has 0 bridgehead atoms. The number of Topliss-reactive ketones (excluding diaryl/α,β-unsaturated/α-hetero) is 3. The molecule has 9 aromatic carbocycles. The van der Waals surface area contributed by atoms with Crippen LogP contribution in [0.3, 0.4) is 0 Å². The summed E-state index contributed by atoms with van der Waals surface area (Å²) in [6.45, 7) is 13.7. The van der Waals surface area contributed by atoms with Crippen molar-refractivity contribution in [3.63, 3.8) is 0 Å². The van der Waals surface area contributed by atoms with Crippen LogP contribution in [-0.4, -0.2) is 97.7 Å². The Balaban J connectivity index is 0.000000229. The van der Waals surface area contributed by atoms with E-state index < -0.39 is 82.5 Å². The third kappa shape index (κ3) is 26.4. The zero-order valence-corrected chi connectivity index (χ0v) is 64.3. The van der Waals surface area contributed by atoms with Gasteiger partial charge in [0.1, 0.15) is 95.3 Å². The summed E-state index contributed by atoms with van der Waals surface area (Å²) < 4.78 is 167. The summed E-state index contributed by atoms with van der Waals surface area (Å²) in [5.41, 5.74) is 4.01. The van der Waals surface area contributed by atoms with Crippen LogP contribution in [0, 0.1) is 50.2 Å². The van der Waals surface area contributed by atoms with E-state index in [1.807, 2.05) is 98.7 Å². The third-order valence-electron chi connectivity index (χ3n) is 15.4. The first-order valence-electron chi connectivity index (χ1n) is 33.7. The van der Waals surface area contributed by atoms with Crippen molar-refractivity contribution in [2.24, 2.45) is 16.2 Å². The van der Waals surface area contributed by atoms with E-state index in [-0.39, 0.29) is 102 Å². The van der Waals surface area contributed by atoms with Crippen LogP contribution < -0.4 is 23.7 Å². The molecule has 0 saturated heterocycles. The lowest BCUT2D eigenvalue weighted by Gasteiger charge is -2.17. The number of amides is 1. The number of rotatable bonds is 25. The van der Waals surface area contributed by atoms with Gasteiger partial charge >= 0.3 is 13.0 Å². The Hall–Kier alpha value is -11.6. The lowest BCUT2D eigenvalue weighted by molar-refractivity contribution is -0.274. The predicted octanol–water partition coefficient (Wildman–Crippen LogP) is 18.6. The highest BCUT2D eigenvalue weighted by atomic mass is 32.2. The number of nitrogens with zero attached hydrogens (tertiary/aromatic N) is 4. The van der Waals surface area contributed by atoms with Gasteiger partial charge in [-0.2, -0.15) is 24.6 Å². The molecule has 0 aliphatic heterocycles. The molecule has 0 aromatic heterocycles. The number of nitriles is 3. The zero-order chi connectivity index (χ0) is 81.3. The van der Waals surface area contributed by atoms with Gasteiger partial charge < -0.3 is 28.6 Å². The monoisotopic (exact) mass is 1560 g/mol. The Labute approximate surface area is 636 Å². The van der Waals surface area contributed by atoms with Gasteiger partial charge in [0.15, 0.2) is 29.5 Å². The van der Waals surface area contributed by atoms with Gasteiger partial charge in [0.25, 0.3) is 5.91 Å². The van der Waals surface area contributed by atoms with E-state index in [1.54, 1.807) is 105 Å². The first-order chi connectivity index (χ1) is 51.3. The number of ketones is 3. The standard InChI is InChI=1S/C29H30N2O5S.C27H24F3NO5S.C27H25F2NO5S/c1-29(2,3)17-24(32)19-37(34,35)27-15-20(18-30)9-14-26(27)36-25-8-6-7-23(16-25)21-10-12-22(13-11-21)28(33)31(4)5;1-26(2,3)15-21(32)17-37(33,34)25-13-18(16-31)7-12-24(25)35-23-6-4-5-20(14-23)19-8-10-22(11-9-19)36-27(28,29)30;1-27(2,3)15-21(31)17-36(32,33)25-13-18(16-30)7-12-24(25)34-23-6-4-5-20(14-23)19-8-10-22(11-9-19)35-26(28)29/h6-16H,17,19H2,1-5H3;4-14H,15,17H2,1-3H3;4-14,26H,15,17H2,1-3H3. The molecule has 9 rings (SSSR count). The summed E-state index contributed by atoms with van der Waals surface area (Å²) in [7, 11) is -8.90. The van der Waals surface area contributed by atoms with E-state index in [0.29, 0.717) is 39.3 Å². The number of hydrogen-bond donors (Lipinski definition) is 0. The van der Waals surface area contributed by atoms with E-state index in [2.05, 4.69) is 9.47 Å². The second-order valence-corrected chi connectivity index (χ2v) is 34.9. The van der Waals surface area contributed by atoms with Gasteiger partial charge in [-0.15, -0.1) is 13.2 Å². The zero-order valence-electron chi connectivity index (χ0n) is 61.9. The average molecular weight is 1560 g/mol. The maximum absolute atomic E-state index is 13.2. The predicted molar refractivity (Wildman–Crippen MR) is 404 cm³/mol. The summed E-state index contributed by atoms with van der Waals surface area (Å²) in [6, 6.07) is 56.5. The minimum atomic E-state index is -4.80. The van der Waals surface area contributed by atoms with Crippen LogP contribution >= 0.6 is 0 Å². The Bertz CT molecular complexity index is 5340. The van der Waals surface area contributed by atoms with Gasteiger partial charge in [0.05, 0.1) is 34.9 Å². The van der Waals surface area contributed by atoms with E-state index in [9.17, 15) is 82.2 Å². The summed E-state index contributed by atoms with van der Waals surface area (Å²) in [6.07, 6.45) is -4.54. The molecule has 110 heavy (non-hydrogen) atoms. The lowest BCUT2D eigenvalue weighted by Crippen LogP contribution is -2.21. The fourth-order valence-corrected chi connectivity index (χ4v) is 15.1. The Morgan fingerprint density at radius 2 is 0.682 bits per heavy atom. The molecule has 574 valence electrons. The maximum atomic E-state index is 13.2. The molecule has 0 aliphatic rings. The van der Waals surface area contributed by atoms with Crippen molar-refractivity contribution in [2.45, 2.75) is 109 Å². The average Bonchev–Trinajstić information content (AvgIpc) is 0.803. The van der Waals surface area contributed by atoms with Crippen molar-refractivity contribution < 1.29 is 90.1 Å². The number of alkyl halides is 5. The van der Waals surface area contributed by atoms with E-state index in [0.717, 1.165) is 17.2 Å². The van der Waals surface area contributed by atoms with Crippen molar-refractivity contribution in [3.8, 4) is 97.6 Å². The molecule has 0 heterocycles. The minimum absolute atomic E-state index is 0.0182. The highest BCUT2D eigenvalue weighted by molar-refractivity contribution is 7.92. The van der Waals surface area contributed by atoms with Crippen LogP contribution in [0.4, 0.5) is 22.0 Å². The number of carbonyl (C=O) groups excluding carboxylic acids is 4. The second kappa shape index (κ2) is 36.1. The van der Waals surface area contributed by atoms with E-state index in [1.165, 1.54) is 89.8 Å². The fourth-order valence-electron chi connectivity index (χ4n) is 10.9. The van der Waals surface area contributed by atoms with Crippen LogP contribution in [0.5, 0.6) is 46.0 Å². The smallest absolute Gasteiger partial charge is 0.456 e. The van der Waals surface area contributed by atoms with Crippen molar-refractivity contribution in [2.75, 3.05) is 31.4 Å². The first kappa shape index (κ1) is 85.7. The molecule has 0 N–H and O–H groups in total. The Morgan fingerprint density at radius 1 is 0.391 bits per heavy atom. The minimum Gasteiger partial charge on any atom is -0.456 e. The molecule has 0 atom stereocenters. The summed E-state index contributed by atoms with van der Waals surface area (Å²) in [5, 5.41) is 27.8. The molecule has 0 spiro atoms. The molecule has 0 radical (unpaired) electrons. The molecular weight excluding hydrogens is 1480 g/mol. The fraction of sp³-hybridized carbons (Fsp3) is 0.265. The number of hydrogen-bond acceptors (Lipinski definition) is 18. The number of sulfone groups is 3. The molecule has 0 saturated carbocycles. The van der Waals surface area contributed by atoms with Crippen molar-refractivity contribution in [1.82, 2.24) is 4.90 Å². The third-order valence-corrected chi connectivity index (χ3v) is 20.4. The number of benzene rings is 9. The quantitative estimate of drug-likeness (QED) is 0.0480. The summed E-state index contributed by atoms with van der Waals surface area (Å²) >= 11 is 0. The normalized spacial score (nSPS) is 11.7. The maximum Gasteiger partial charge on any atom is 0.573 e. The van der Waals surface area contributed by atoms with Gasteiger partial charge in [0, 0.05) is 38.9 Å².